The molecule has 0 saturated carbocycles. The number of nitrogens with zero attached hydrogens (tertiary/aromatic N) is 3. The van der Waals surface area contributed by atoms with Crippen molar-refractivity contribution in [3.63, 3.8) is 0 Å². The fourth-order valence-corrected chi connectivity index (χ4v) is 2.87. The molecule has 0 saturated heterocycles. The van der Waals surface area contributed by atoms with Crippen LogP contribution in [-0.4, -0.2) is 40.5 Å². The molecule has 4 nitrogen and oxygen atoms in total. The van der Waals surface area contributed by atoms with Crippen LogP contribution in [0, 0.1) is 0 Å². The first-order valence-electron chi connectivity index (χ1n) is 9.36. The molecule has 1 atom stereocenters. The van der Waals surface area contributed by atoms with Gasteiger partial charge in [0, 0.05) is 17.3 Å². The Morgan fingerprint density at radius 1 is 1.12 bits per heavy atom. The van der Waals surface area contributed by atoms with Crippen molar-refractivity contribution in [2.75, 3.05) is 25.0 Å². The molecule has 0 amide bonds. The normalized spacial score (nSPS) is 12.7. The lowest BCUT2D eigenvalue weighted by Gasteiger charge is -2.19. The molecule has 140 valence electrons. The maximum atomic E-state index is 5.91. The van der Waals surface area contributed by atoms with Gasteiger partial charge in [0.2, 0.25) is 5.95 Å². The second kappa shape index (κ2) is 10.9. The van der Waals surface area contributed by atoms with E-state index in [1.54, 1.807) is 6.20 Å². The zero-order valence-corrected chi connectivity index (χ0v) is 16.7. The Balaban J connectivity index is 1.86. The van der Waals surface area contributed by atoms with E-state index in [1.165, 1.54) is 6.42 Å². The SMILES string of the molecule is CCN(CC)CCC[C@H](C)Nc1nccc(/C=C/c2ccc(Cl)cc2)n1. The van der Waals surface area contributed by atoms with Crippen LogP contribution < -0.4 is 5.32 Å². The summed E-state index contributed by atoms with van der Waals surface area (Å²) in [7, 11) is 0. The summed E-state index contributed by atoms with van der Waals surface area (Å²) in [6, 6.07) is 9.99. The molecule has 0 fully saturated rings. The molecule has 2 rings (SSSR count). The van der Waals surface area contributed by atoms with Crippen molar-refractivity contribution in [1.29, 1.82) is 0 Å². The van der Waals surface area contributed by atoms with E-state index in [9.17, 15) is 0 Å². The topological polar surface area (TPSA) is 41.0 Å². The summed E-state index contributed by atoms with van der Waals surface area (Å²) in [6.07, 6.45) is 8.08. The van der Waals surface area contributed by atoms with E-state index in [1.807, 2.05) is 42.5 Å². The molecule has 1 aromatic carbocycles. The van der Waals surface area contributed by atoms with E-state index < -0.39 is 0 Å². The Kier molecular flexibility index (Phi) is 8.59. The largest absolute Gasteiger partial charge is 0.352 e. The molecule has 0 aliphatic rings. The van der Waals surface area contributed by atoms with Crippen molar-refractivity contribution in [3.05, 3.63) is 52.8 Å². The van der Waals surface area contributed by atoms with E-state index >= 15 is 0 Å². The van der Waals surface area contributed by atoms with Gasteiger partial charge in [-0.25, -0.2) is 9.97 Å². The summed E-state index contributed by atoms with van der Waals surface area (Å²) >= 11 is 5.91. The molecule has 5 heteroatoms. The molecule has 0 aliphatic carbocycles. The molecule has 0 radical (unpaired) electrons. The van der Waals surface area contributed by atoms with Gasteiger partial charge in [0.25, 0.3) is 0 Å². The molecule has 0 unspecified atom stereocenters. The second-order valence-corrected chi connectivity index (χ2v) is 6.84. The highest BCUT2D eigenvalue weighted by Crippen LogP contribution is 2.13. The maximum absolute atomic E-state index is 5.91. The third-order valence-corrected chi connectivity index (χ3v) is 4.63. The van der Waals surface area contributed by atoms with E-state index in [-0.39, 0.29) is 0 Å². The van der Waals surface area contributed by atoms with Gasteiger partial charge in [-0.05, 0) is 69.2 Å². The van der Waals surface area contributed by atoms with Gasteiger partial charge in [0.05, 0.1) is 5.69 Å². The number of hydrogen-bond acceptors (Lipinski definition) is 4. The van der Waals surface area contributed by atoms with Crippen LogP contribution in [-0.2, 0) is 0 Å². The summed E-state index contributed by atoms with van der Waals surface area (Å²) in [5.74, 6) is 0.679. The minimum Gasteiger partial charge on any atom is -0.352 e. The molecule has 1 aromatic heterocycles. The van der Waals surface area contributed by atoms with Crippen LogP contribution in [0.25, 0.3) is 12.2 Å². The number of halogens is 1. The predicted molar refractivity (Wildman–Crippen MR) is 113 cm³/mol. The van der Waals surface area contributed by atoms with Gasteiger partial charge in [-0.1, -0.05) is 43.7 Å². The first kappa shape index (κ1) is 20.4. The number of hydrogen-bond donors (Lipinski definition) is 1. The summed E-state index contributed by atoms with van der Waals surface area (Å²) in [6.45, 7) is 9.97. The van der Waals surface area contributed by atoms with Gasteiger partial charge in [-0.2, -0.15) is 0 Å². The minimum absolute atomic E-state index is 0.348. The number of benzene rings is 1. The first-order valence-corrected chi connectivity index (χ1v) is 9.74. The number of anilines is 1. The smallest absolute Gasteiger partial charge is 0.223 e. The zero-order chi connectivity index (χ0) is 18.8. The maximum Gasteiger partial charge on any atom is 0.223 e. The molecule has 0 bridgehead atoms. The lowest BCUT2D eigenvalue weighted by atomic mass is 10.2. The van der Waals surface area contributed by atoms with E-state index in [2.05, 4.69) is 41.0 Å². The average Bonchev–Trinajstić information content (AvgIpc) is 2.65. The van der Waals surface area contributed by atoms with E-state index in [4.69, 9.17) is 11.6 Å². The highest BCUT2D eigenvalue weighted by Gasteiger charge is 2.06. The van der Waals surface area contributed by atoms with Crippen LogP contribution in [0.5, 0.6) is 0 Å². The quantitative estimate of drug-likeness (QED) is 0.620. The van der Waals surface area contributed by atoms with Crippen molar-refractivity contribution >= 4 is 29.7 Å². The van der Waals surface area contributed by atoms with Gasteiger partial charge in [-0.15, -0.1) is 0 Å². The van der Waals surface area contributed by atoms with Crippen molar-refractivity contribution in [2.24, 2.45) is 0 Å². The summed E-state index contributed by atoms with van der Waals surface area (Å²) < 4.78 is 0. The number of aromatic nitrogens is 2. The van der Waals surface area contributed by atoms with Crippen LogP contribution in [0.15, 0.2) is 36.5 Å². The van der Waals surface area contributed by atoms with Crippen molar-refractivity contribution in [2.45, 2.75) is 39.7 Å². The Morgan fingerprint density at radius 3 is 2.54 bits per heavy atom. The van der Waals surface area contributed by atoms with Crippen LogP contribution in [0.3, 0.4) is 0 Å². The zero-order valence-electron chi connectivity index (χ0n) is 16.0. The average molecular weight is 373 g/mol. The summed E-state index contributed by atoms with van der Waals surface area (Å²) in [5.41, 5.74) is 1.97. The van der Waals surface area contributed by atoms with Crippen LogP contribution in [0.2, 0.25) is 5.02 Å². The third-order valence-electron chi connectivity index (χ3n) is 4.38. The number of nitrogens with one attached hydrogen (secondary N) is 1. The molecule has 1 N–H and O–H groups in total. The van der Waals surface area contributed by atoms with Crippen molar-refractivity contribution in [3.8, 4) is 0 Å². The summed E-state index contributed by atoms with van der Waals surface area (Å²) in [4.78, 5) is 11.4. The lowest BCUT2D eigenvalue weighted by molar-refractivity contribution is 0.295. The first-order chi connectivity index (χ1) is 12.6. The fraction of sp³-hybridized carbons (Fsp3) is 0.429. The van der Waals surface area contributed by atoms with Gasteiger partial charge >= 0.3 is 0 Å². The monoisotopic (exact) mass is 372 g/mol. The lowest BCUT2D eigenvalue weighted by Crippen LogP contribution is -2.26. The molecule has 0 aliphatic heterocycles. The highest BCUT2D eigenvalue weighted by molar-refractivity contribution is 6.30. The van der Waals surface area contributed by atoms with E-state index in [0.29, 0.717) is 12.0 Å². The number of rotatable bonds is 10. The van der Waals surface area contributed by atoms with Crippen molar-refractivity contribution < 1.29 is 0 Å². The van der Waals surface area contributed by atoms with Gasteiger partial charge in [0.1, 0.15) is 0 Å². The Bertz CT molecular complexity index is 681. The Morgan fingerprint density at radius 2 is 1.85 bits per heavy atom. The molecule has 2 aromatic rings. The molecule has 1 heterocycles. The third kappa shape index (κ3) is 7.14. The minimum atomic E-state index is 0.348. The Labute approximate surface area is 162 Å². The highest BCUT2D eigenvalue weighted by atomic mass is 35.5. The molecular weight excluding hydrogens is 344 g/mol. The van der Waals surface area contributed by atoms with Crippen molar-refractivity contribution in [1.82, 2.24) is 14.9 Å². The fourth-order valence-electron chi connectivity index (χ4n) is 2.74. The van der Waals surface area contributed by atoms with Crippen LogP contribution >= 0.6 is 11.6 Å². The molecule has 26 heavy (non-hydrogen) atoms. The second-order valence-electron chi connectivity index (χ2n) is 6.40. The van der Waals surface area contributed by atoms with E-state index in [0.717, 1.165) is 42.3 Å². The van der Waals surface area contributed by atoms with Crippen LogP contribution in [0.4, 0.5) is 5.95 Å². The van der Waals surface area contributed by atoms with Gasteiger partial charge in [0.15, 0.2) is 0 Å². The van der Waals surface area contributed by atoms with Crippen LogP contribution in [0.1, 0.15) is 44.9 Å². The Hall–Kier alpha value is -1.91. The standard InChI is InChI=1S/C21H29ClN4/c1-4-26(5-2)16-6-7-17(3)24-21-23-15-14-20(25-21)13-10-18-8-11-19(22)12-9-18/h8-15,17H,4-7,16H2,1-3H3,(H,23,24,25)/b13-10+/t17-/m0/s1. The summed E-state index contributed by atoms with van der Waals surface area (Å²) in [5, 5.41) is 4.15. The molecule has 0 spiro atoms. The van der Waals surface area contributed by atoms with Gasteiger partial charge in [-0.3, -0.25) is 0 Å². The molecular formula is C21H29ClN4. The van der Waals surface area contributed by atoms with Gasteiger partial charge < -0.3 is 10.2 Å². The predicted octanol–water partition coefficient (Wildman–Crippen LogP) is 5.22.